The molecular weight excluding hydrogens is 394 g/mol. The standard InChI is InChI=1S/C25H39NO5/c1-9-26(10-2)15-17-18-11-12-25(5,24(18,3)4)22(17)31-23(27)16-13-19(28-6)21(30-8)20(14-16)29-7/h13-14,17-18,22H,9-12,15H2,1-8H3. The van der Waals surface area contributed by atoms with Crippen LogP contribution in [0.5, 0.6) is 17.2 Å². The fourth-order valence-electron chi connectivity index (χ4n) is 6.11. The second-order valence-corrected chi connectivity index (χ2v) is 9.67. The van der Waals surface area contributed by atoms with E-state index >= 15 is 0 Å². The van der Waals surface area contributed by atoms with Gasteiger partial charge < -0.3 is 23.8 Å². The quantitative estimate of drug-likeness (QED) is 0.528. The van der Waals surface area contributed by atoms with Crippen molar-refractivity contribution in [1.82, 2.24) is 4.90 Å². The van der Waals surface area contributed by atoms with Crippen LogP contribution in [0.25, 0.3) is 0 Å². The molecule has 0 spiro atoms. The van der Waals surface area contributed by atoms with Crippen LogP contribution in [0, 0.1) is 22.7 Å². The van der Waals surface area contributed by atoms with Gasteiger partial charge in [0.1, 0.15) is 6.10 Å². The summed E-state index contributed by atoms with van der Waals surface area (Å²) >= 11 is 0. The van der Waals surface area contributed by atoms with Gasteiger partial charge in [0.2, 0.25) is 5.75 Å². The second-order valence-electron chi connectivity index (χ2n) is 9.67. The molecule has 1 aromatic rings. The molecule has 31 heavy (non-hydrogen) atoms. The van der Waals surface area contributed by atoms with Crippen LogP contribution in [-0.2, 0) is 4.74 Å². The van der Waals surface area contributed by atoms with Crippen molar-refractivity contribution < 1.29 is 23.7 Å². The Hall–Kier alpha value is -1.95. The van der Waals surface area contributed by atoms with Crippen LogP contribution in [0.3, 0.4) is 0 Å². The summed E-state index contributed by atoms with van der Waals surface area (Å²) in [5.74, 6) is 1.92. The monoisotopic (exact) mass is 433 g/mol. The van der Waals surface area contributed by atoms with Crippen molar-refractivity contribution in [2.75, 3.05) is 41.0 Å². The lowest BCUT2D eigenvalue weighted by Crippen LogP contribution is -2.44. The number of hydrogen-bond donors (Lipinski definition) is 0. The summed E-state index contributed by atoms with van der Waals surface area (Å²) in [6.07, 6.45) is 2.17. The molecule has 4 unspecified atom stereocenters. The van der Waals surface area contributed by atoms with Crippen molar-refractivity contribution in [3.05, 3.63) is 17.7 Å². The number of benzene rings is 1. The summed E-state index contributed by atoms with van der Waals surface area (Å²) in [5.41, 5.74) is 0.511. The van der Waals surface area contributed by atoms with E-state index in [0.717, 1.165) is 26.1 Å². The lowest BCUT2D eigenvalue weighted by atomic mass is 9.70. The van der Waals surface area contributed by atoms with Gasteiger partial charge in [-0.2, -0.15) is 0 Å². The third-order valence-corrected chi connectivity index (χ3v) is 8.41. The number of carbonyl (C=O) groups excluding carboxylic acids is 1. The zero-order valence-electron chi connectivity index (χ0n) is 20.4. The van der Waals surface area contributed by atoms with Gasteiger partial charge in [0.15, 0.2) is 11.5 Å². The van der Waals surface area contributed by atoms with Crippen LogP contribution in [0.15, 0.2) is 12.1 Å². The van der Waals surface area contributed by atoms with E-state index in [1.807, 2.05) is 0 Å². The zero-order valence-corrected chi connectivity index (χ0v) is 20.4. The number of esters is 1. The summed E-state index contributed by atoms with van der Waals surface area (Å²) in [4.78, 5) is 15.8. The van der Waals surface area contributed by atoms with Gasteiger partial charge in [0, 0.05) is 17.9 Å². The minimum atomic E-state index is -0.335. The topological polar surface area (TPSA) is 57.2 Å². The summed E-state index contributed by atoms with van der Waals surface area (Å²) in [6, 6.07) is 3.34. The maximum absolute atomic E-state index is 13.3. The van der Waals surface area contributed by atoms with E-state index in [9.17, 15) is 4.79 Å². The highest BCUT2D eigenvalue weighted by Crippen LogP contribution is 2.68. The van der Waals surface area contributed by atoms with Gasteiger partial charge in [0.25, 0.3) is 0 Å². The summed E-state index contributed by atoms with van der Waals surface area (Å²) in [7, 11) is 4.65. The van der Waals surface area contributed by atoms with E-state index < -0.39 is 0 Å². The van der Waals surface area contributed by atoms with Gasteiger partial charge in [-0.3, -0.25) is 0 Å². The van der Waals surface area contributed by atoms with E-state index in [-0.39, 0.29) is 22.9 Å². The van der Waals surface area contributed by atoms with Crippen LogP contribution < -0.4 is 14.2 Å². The van der Waals surface area contributed by atoms with Crippen molar-refractivity contribution in [3.8, 4) is 17.2 Å². The lowest BCUT2D eigenvalue weighted by molar-refractivity contribution is -0.0457. The summed E-state index contributed by atoms with van der Waals surface area (Å²) in [6.45, 7) is 14.4. The molecule has 0 radical (unpaired) electrons. The van der Waals surface area contributed by atoms with E-state index in [2.05, 4.69) is 39.5 Å². The second kappa shape index (κ2) is 8.89. The molecule has 2 aliphatic carbocycles. The molecule has 6 heteroatoms. The van der Waals surface area contributed by atoms with Gasteiger partial charge in [-0.1, -0.05) is 34.6 Å². The molecule has 0 N–H and O–H groups in total. The third kappa shape index (κ3) is 3.77. The number of nitrogens with zero attached hydrogens (tertiary/aromatic N) is 1. The Labute approximate surface area is 187 Å². The SMILES string of the molecule is CCN(CC)CC1C2CCC(C)(C1OC(=O)c1cc(OC)c(OC)c(OC)c1)C2(C)C. The van der Waals surface area contributed by atoms with Gasteiger partial charge in [-0.05, 0) is 49.4 Å². The Morgan fingerprint density at radius 2 is 1.61 bits per heavy atom. The molecule has 0 aliphatic heterocycles. The van der Waals surface area contributed by atoms with Crippen LogP contribution in [0.2, 0.25) is 0 Å². The molecule has 1 aromatic carbocycles. The van der Waals surface area contributed by atoms with Crippen molar-refractivity contribution in [3.63, 3.8) is 0 Å². The first-order chi connectivity index (χ1) is 14.7. The average Bonchev–Trinajstić information content (AvgIpc) is 3.08. The number of fused-ring (bicyclic) bond motifs is 2. The normalized spacial score (nSPS) is 28.6. The molecule has 2 aliphatic rings. The first-order valence-corrected chi connectivity index (χ1v) is 11.4. The molecule has 174 valence electrons. The fraction of sp³-hybridized carbons (Fsp3) is 0.720. The number of hydrogen-bond acceptors (Lipinski definition) is 6. The van der Waals surface area contributed by atoms with E-state index in [4.69, 9.17) is 18.9 Å². The van der Waals surface area contributed by atoms with Crippen molar-refractivity contribution >= 4 is 5.97 Å². The summed E-state index contributed by atoms with van der Waals surface area (Å²) in [5, 5.41) is 0. The number of carbonyl (C=O) groups is 1. The molecule has 2 fully saturated rings. The van der Waals surface area contributed by atoms with Gasteiger partial charge in [0.05, 0.1) is 26.9 Å². The van der Waals surface area contributed by atoms with Crippen molar-refractivity contribution in [2.24, 2.45) is 22.7 Å². The van der Waals surface area contributed by atoms with Gasteiger partial charge in [-0.25, -0.2) is 4.79 Å². The van der Waals surface area contributed by atoms with E-state index in [1.165, 1.54) is 6.42 Å². The molecular formula is C25H39NO5. The van der Waals surface area contributed by atoms with Crippen LogP contribution in [-0.4, -0.2) is 57.9 Å². The predicted octanol–water partition coefficient (Wildman–Crippen LogP) is 4.65. The van der Waals surface area contributed by atoms with Crippen LogP contribution >= 0.6 is 0 Å². The van der Waals surface area contributed by atoms with Gasteiger partial charge in [-0.15, -0.1) is 0 Å². The first-order valence-electron chi connectivity index (χ1n) is 11.4. The summed E-state index contributed by atoms with van der Waals surface area (Å²) < 4.78 is 22.6. The molecule has 4 atom stereocenters. The zero-order chi connectivity index (χ0) is 23.0. The molecule has 2 bridgehead atoms. The number of methoxy groups -OCH3 is 3. The average molecular weight is 434 g/mol. The molecule has 6 nitrogen and oxygen atoms in total. The maximum Gasteiger partial charge on any atom is 0.338 e. The Morgan fingerprint density at radius 3 is 2.10 bits per heavy atom. The molecule has 2 saturated carbocycles. The molecule has 0 saturated heterocycles. The van der Waals surface area contributed by atoms with Gasteiger partial charge >= 0.3 is 5.97 Å². The highest BCUT2D eigenvalue weighted by atomic mass is 16.5. The number of ether oxygens (including phenoxy) is 4. The minimum absolute atomic E-state index is 0.0359. The third-order valence-electron chi connectivity index (χ3n) is 8.41. The van der Waals surface area contributed by atoms with E-state index in [0.29, 0.717) is 34.6 Å². The van der Waals surface area contributed by atoms with Crippen LogP contribution in [0.1, 0.15) is 57.8 Å². The van der Waals surface area contributed by atoms with Crippen molar-refractivity contribution in [2.45, 2.75) is 53.6 Å². The Kier molecular flexibility index (Phi) is 6.80. The smallest absolute Gasteiger partial charge is 0.338 e. The van der Waals surface area contributed by atoms with E-state index in [1.54, 1.807) is 33.5 Å². The number of rotatable bonds is 9. The highest BCUT2D eigenvalue weighted by Gasteiger charge is 2.67. The Morgan fingerprint density at radius 1 is 1.03 bits per heavy atom. The fourth-order valence-corrected chi connectivity index (χ4v) is 6.11. The molecule has 3 rings (SSSR count). The van der Waals surface area contributed by atoms with Crippen LogP contribution in [0.4, 0.5) is 0 Å². The largest absolute Gasteiger partial charge is 0.493 e. The minimum Gasteiger partial charge on any atom is -0.493 e. The first kappa shape index (κ1) is 23.7. The molecule has 0 amide bonds. The predicted molar refractivity (Wildman–Crippen MR) is 121 cm³/mol. The molecule has 0 heterocycles. The highest BCUT2D eigenvalue weighted by molar-refractivity contribution is 5.91. The molecule has 0 aromatic heterocycles. The lowest BCUT2D eigenvalue weighted by Gasteiger charge is -2.40. The Balaban J connectivity index is 1.93. The van der Waals surface area contributed by atoms with Crippen molar-refractivity contribution in [1.29, 1.82) is 0 Å². The maximum atomic E-state index is 13.3. The Bertz CT molecular complexity index is 778.